The minimum absolute atomic E-state index is 0.140. The molecule has 0 radical (unpaired) electrons. The van der Waals surface area contributed by atoms with Gasteiger partial charge in [-0.05, 0) is 64.2 Å². The Labute approximate surface area is 331 Å². The van der Waals surface area contributed by atoms with Crippen molar-refractivity contribution in [1.82, 2.24) is 0 Å². The molecule has 0 aliphatic rings. The number of aliphatic hydroxyl groups is 1. The normalized spacial score (nSPS) is 14.9. The summed E-state index contributed by atoms with van der Waals surface area (Å²) in [5.41, 5.74) is 5.32. The molecule has 0 amide bonds. The van der Waals surface area contributed by atoms with Gasteiger partial charge in [0, 0.05) is 12.8 Å². The summed E-state index contributed by atoms with van der Waals surface area (Å²) in [5, 5.41) is 18.7. The zero-order valence-corrected chi connectivity index (χ0v) is 34.8. The van der Waals surface area contributed by atoms with Crippen LogP contribution < -0.4 is 5.73 Å². The highest BCUT2D eigenvalue weighted by Crippen LogP contribution is 2.43. The van der Waals surface area contributed by atoms with E-state index >= 15 is 0 Å². The molecule has 12 nitrogen and oxygen atoms in total. The first-order valence-electron chi connectivity index (χ1n) is 20.8. The van der Waals surface area contributed by atoms with Crippen molar-refractivity contribution in [2.45, 2.75) is 180 Å². The molecule has 0 aliphatic heterocycles. The largest absolute Gasteiger partial charge is 0.480 e. The van der Waals surface area contributed by atoms with Crippen LogP contribution in [-0.4, -0.2) is 71.1 Å². The van der Waals surface area contributed by atoms with Gasteiger partial charge in [0.15, 0.2) is 6.10 Å². The van der Waals surface area contributed by atoms with Crippen LogP contribution in [0.15, 0.2) is 48.6 Å². The summed E-state index contributed by atoms with van der Waals surface area (Å²) in [6.07, 6.45) is 36.5. The Morgan fingerprint density at radius 1 is 0.655 bits per heavy atom. The molecule has 0 spiro atoms. The van der Waals surface area contributed by atoms with Crippen molar-refractivity contribution in [3.63, 3.8) is 0 Å². The van der Waals surface area contributed by atoms with Crippen molar-refractivity contribution in [1.29, 1.82) is 0 Å². The third-order valence-corrected chi connectivity index (χ3v) is 9.59. The van der Waals surface area contributed by atoms with Crippen molar-refractivity contribution in [2.75, 3.05) is 19.8 Å². The van der Waals surface area contributed by atoms with Gasteiger partial charge in [0.2, 0.25) is 0 Å². The summed E-state index contributed by atoms with van der Waals surface area (Å²) in [7, 11) is -4.73. The first-order valence-corrected chi connectivity index (χ1v) is 22.3. The maximum absolute atomic E-state index is 12.6. The fourth-order valence-corrected chi connectivity index (χ4v) is 6.11. The van der Waals surface area contributed by atoms with Gasteiger partial charge < -0.3 is 30.3 Å². The number of ether oxygens (including phenoxy) is 2. The van der Waals surface area contributed by atoms with Gasteiger partial charge in [0.05, 0.1) is 19.3 Å². The Morgan fingerprint density at radius 2 is 1.18 bits per heavy atom. The fourth-order valence-electron chi connectivity index (χ4n) is 5.33. The number of nitrogens with two attached hydrogens (primary N) is 1. The van der Waals surface area contributed by atoms with E-state index in [0.717, 1.165) is 70.6 Å². The van der Waals surface area contributed by atoms with Gasteiger partial charge in [-0.2, -0.15) is 0 Å². The molecule has 318 valence electrons. The van der Waals surface area contributed by atoms with E-state index in [1.165, 1.54) is 44.9 Å². The number of aliphatic hydroxyl groups excluding tert-OH is 1. The highest BCUT2D eigenvalue weighted by atomic mass is 31.2. The summed E-state index contributed by atoms with van der Waals surface area (Å²) < 4.78 is 32.6. The lowest BCUT2D eigenvalue weighted by atomic mass is 10.1. The maximum Gasteiger partial charge on any atom is 0.472 e. The number of esters is 2. The molecule has 55 heavy (non-hydrogen) atoms. The molecule has 0 aromatic rings. The second kappa shape index (κ2) is 37.0. The molecule has 13 heteroatoms. The summed E-state index contributed by atoms with van der Waals surface area (Å²) in [6.45, 7) is 2.53. The van der Waals surface area contributed by atoms with Crippen molar-refractivity contribution in [3.8, 4) is 0 Å². The number of carbonyl (C=O) groups is 3. The molecule has 0 saturated heterocycles. The van der Waals surface area contributed by atoms with Crippen LogP contribution in [0.25, 0.3) is 0 Å². The van der Waals surface area contributed by atoms with E-state index < -0.39 is 57.2 Å². The Bertz CT molecular complexity index is 1140. The van der Waals surface area contributed by atoms with Gasteiger partial charge in [0.25, 0.3) is 0 Å². The molecule has 0 aromatic heterocycles. The molecule has 0 fully saturated rings. The zero-order chi connectivity index (χ0) is 40.8. The number of carboxylic acids is 1. The van der Waals surface area contributed by atoms with E-state index in [1.54, 1.807) is 6.08 Å². The SMILES string of the molecule is CC/C=C/CC(O)/C=C/C=C/CCCCCCCC(=O)OC[C@H](COP(=O)(O)OC[C@H](N)C(=O)O)OC(=O)CCCCCCCCC/C=C\CCCCCC. The molecule has 2 unspecified atom stereocenters. The molecule has 0 aliphatic carbocycles. The summed E-state index contributed by atoms with van der Waals surface area (Å²) in [6, 6.07) is -1.53. The van der Waals surface area contributed by atoms with Crippen LogP contribution in [0.2, 0.25) is 0 Å². The molecule has 0 heterocycles. The van der Waals surface area contributed by atoms with Gasteiger partial charge in [0.1, 0.15) is 12.6 Å². The molecule has 0 bridgehead atoms. The van der Waals surface area contributed by atoms with Crippen molar-refractivity contribution < 1.29 is 52.6 Å². The topological polar surface area (TPSA) is 192 Å². The number of phosphoric acid groups is 1. The van der Waals surface area contributed by atoms with Crippen LogP contribution in [0.4, 0.5) is 0 Å². The lowest BCUT2D eigenvalue weighted by molar-refractivity contribution is -0.161. The number of aliphatic carboxylic acids is 1. The van der Waals surface area contributed by atoms with Crippen LogP contribution in [0.3, 0.4) is 0 Å². The van der Waals surface area contributed by atoms with E-state index in [1.807, 2.05) is 24.3 Å². The highest BCUT2D eigenvalue weighted by molar-refractivity contribution is 7.47. The van der Waals surface area contributed by atoms with E-state index in [-0.39, 0.29) is 19.4 Å². The van der Waals surface area contributed by atoms with Crippen LogP contribution in [-0.2, 0) is 37.5 Å². The number of unbranched alkanes of at least 4 members (excludes halogenated alkanes) is 16. The third kappa shape index (κ3) is 36.8. The van der Waals surface area contributed by atoms with Crippen LogP contribution in [0.5, 0.6) is 0 Å². The predicted molar refractivity (Wildman–Crippen MR) is 218 cm³/mol. The number of carboxylic acid groups (broad SMARTS) is 1. The lowest BCUT2D eigenvalue weighted by Gasteiger charge is -2.20. The Hall–Kier alpha value is -2.60. The maximum atomic E-state index is 12.6. The number of hydrogen-bond donors (Lipinski definition) is 4. The van der Waals surface area contributed by atoms with Crippen LogP contribution >= 0.6 is 7.82 Å². The smallest absolute Gasteiger partial charge is 0.472 e. The summed E-state index contributed by atoms with van der Waals surface area (Å²) in [5.74, 6) is -2.45. The number of carbonyl (C=O) groups excluding carboxylic acids is 2. The van der Waals surface area contributed by atoms with E-state index in [9.17, 15) is 28.9 Å². The van der Waals surface area contributed by atoms with Crippen molar-refractivity contribution in [3.05, 3.63) is 48.6 Å². The molecule has 0 rings (SSSR count). The molecular formula is C42H74NO11P. The molecule has 0 aromatic carbocycles. The number of phosphoric ester groups is 1. The highest BCUT2D eigenvalue weighted by Gasteiger charge is 2.28. The zero-order valence-electron chi connectivity index (χ0n) is 33.9. The van der Waals surface area contributed by atoms with Crippen molar-refractivity contribution in [2.24, 2.45) is 5.73 Å². The van der Waals surface area contributed by atoms with Gasteiger partial charge in [-0.25, -0.2) is 4.57 Å². The Morgan fingerprint density at radius 3 is 1.76 bits per heavy atom. The molecular weight excluding hydrogens is 725 g/mol. The average Bonchev–Trinajstić information content (AvgIpc) is 3.15. The van der Waals surface area contributed by atoms with E-state index in [4.69, 9.17) is 24.8 Å². The average molecular weight is 800 g/mol. The molecule has 5 N–H and O–H groups in total. The number of rotatable bonds is 38. The molecule has 0 saturated carbocycles. The summed E-state index contributed by atoms with van der Waals surface area (Å²) in [4.78, 5) is 45.9. The quantitative estimate of drug-likeness (QED) is 0.0152. The monoisotopic (exact) mass is 799 g/mol. The van der Waals surface area contributed by atoms with E-state index in [0.29, 0.717) is 19.3 Å². The second-order valence-corrected chi connectivity index (χ2v) is 15.4. The standard InChI is InChI=1S/C42H74NO11P/c1-3-5-7-8-9-10-11-12-13-14-15-18-22-25-29-33-41(46)54-38(35-52-55(49,50)53-36-39(43)42(47)48)34-51-40(45)32-28-24-21-19-16-17-20-23-27-31-37(44)30-26-6-4-2/h6,10-11,20,23,26-27,31,37-39,44H,3-5,7-9,12-19,21-22,24-25,28-30,32-36,43H2,1-2H3,(H,47,48)(H,49,50)/b11-10-,23-20+,26-6+,31-27+/t37?,38-,39+/m1/s1. The predicted octanol–water partition coefficient (Wildman–Crippen LogP) is 9.58. The van der Waals surface area contributed by atoms with Crippen LogP contribution in [0.1, 0.15) is 162 Å². The lowest BCUT2D eigenvalue weighted by Crippen LogP contribution is -2.34. The number of hydrogen-bond acceptors (Lipinski definition) is 10. The van der Waals surface area contributed by atoms with Gasteiger partial charge in [-0.1, -0.05) is 133 Å². The number of allylic oxidation sites excluding steroid dienone is 6. The van der Waals surface area contributed by atoms with Gasteiger partial charge in [-0.15, -0.1) is 0 Å². The Kier molecular flexibility index (Phi) is 35.3. The third-order valence-electron chi connectivity index (χ3n) is 8.64. The van der Waals surface area contributed by atoms with Crippen molar-refractivity contribution >= 4 is 25.7 Å². The fraction of sp³-hybridized carbons (Fsp3) is 0.738. The first kappa shape index (κ1) is 52.4. The van der Waals surface area contributed by atoms with Gasteiger partial charge in [-0.3, -0.25) is 23.4 Å². The first-order chi connectivity index (χ1) is 26.5. The second-order valence-electron chi connectivity index (χ2n) is 13.9. The van der Waals surface area contributed by atoms with E-state index in [2.05, 4.69) is 36.6 Å². The minimum atomic E-state index is -4.73. The molecule has 4 atom stereocenters. The minimum Gasteiger partial charge on any atom is -0.480 e. The Balaban J connectivity index is 4.47. The van der Waals surface area contributed by atoms with Gasteiger partial charge >= 0.3 is 25.7 Å². The van der Waals surface area contributed by atoms with Crippen LogP contribution in [0, 0.1) is 0 Å². The summed E-state index contributed by atoms with van der Waals surface area (Å²) >= 11 is 0.